The molecule has 173 valence electrons. The van der Waals surface area contributed by atoms with Crippen LogP contribution in [-0.4, -0.2) is 62.7 Å². The number of Topliss-reactive ketones (excluding diaryl/α,β-unsaturated/α-hetero) is 1. The predicted octanol–water partition coefficient (Wildman–Crippen LogP) is 2.36. The highest BCUT2D eigenvalue weighted by molar-refractivity contribution is 5.99. The molecule has 2 aliphatic rings. The molecule has 0 aliphatic carbocycles. The number of amidine groups is 1. The molecule has 2 heterocycles. The molecule has 1 aromatic carbocycles. The van der Waals surface area contributed by atoms with Crippen molar-refractivity contribution in [2.24, 2.45) is 5.92 Å². The summed E-state index contributed by atoms with van der Waals surface area (Å²) in [5, 5.41) is 6.65. The summed E-state index contributed by atoms with van der Waals surface area (Å²) in [6, 6.07) is 8.18. The maximum atomic E-state index is 12.7. The number of rotatable bonds is 12. The van der Waals surface area contributed by atoms with Gasteiger partial charge in [-0.3, -0.25) is 9.59 Å². The van der Waals surface area contributed by atoms with Crippen molar-refractivity contribution in [1.29, 1.82) is 0 Å². The van der Waals surface area contributed by atoms with Gasteiger partial charge in [0.15, 0.2) is 11.9 Å². The quantitative estimate of drug-likeness (QED) is 0.489. The highest BCUT2D eigenvalue weighted by atomic mass is 16.2. The number of hydrogen-bond acceptors (Lipinski definition) is 6. The Morgan fingerprint density at radius 1 is 1.19 bits per heavy atom. The molecule has 1 fully saturated rings. The number of ketones is 1. The minimum Gasteiger partial charge on any atom is -0.378 e. The summed E-state index contributed by atoms with van der Waals surface area (Å²) in [4.78, 5) is 33.1. The SMILES string of the molecule is CCC(=O)CCCCC[C@H](NC(=O)C1CN(C)C1)C1=[N+]C=C(c2ccc(N(C)C)cc2)N1. The van der Waals surface area contributed by atoms with Crippen LogP contribution >= 0.6 is 0 Å². The number of likely N-dealkylation sites (tertiary alicyclic amines) is 1. The molecule has 1 atom stereocenters. The smallest absolute Gasteiger partial charge is 0.319 e. The first kappa shape index (κ1) is 24.0. The van der Waals surface area contributed by atoms with Gasteiger partial charge in [0.05, 0.1) is 5.92 Å². The van der Waals surface area contributed by atoms with Crippen LogP contribution in [0.3, 0.4) is 0 Å². The van der Waals surface area contributed by atoms with E-state index in [1.165, 1.54) is 0 Å². The van der Waals surface area contributed by atoms with Crippen LogP contribution in [0.4, 0.5) is 5.69 Å². The Morgan fingerprint density at radius 2 is 1.91 bits per heavy atom. The summed E-state index contributed by atoms with van der Waals surface area (Å²) in [5.41, 5.74) is 3.16. The largest absolute Gasteiger partial charge is 0.378 e. The van der Waals surface area contributed by atoms with Gasteiger partial charge in [-0.25, -0.2) is 5.32 Å². The van der Waals surface area contributed by atoms with Crippen molar-refractivity contribution in [2.75, 3.05) is 39.1 Å². The number of nitrogens with zero attached hydrogens (tertiary/aromatic N) is 3. The van der Waals surface area contributed by atoms with E-state index in [-0.39, 0.29) is 17.9 Å². The third-order valence-electron chi connectivity index (χ3n) is 6.21. The second-order valence-corrected chi connectivity index (χ2v) is 9.09. The van der Waals surface area contributed by atoms with Gasteiger partial charge in [-0.05, 0) is 49.1 Å². The molecule has 0 bridgehead atoms. The number of amides is 1. The summed E-state index contributed by atoms with van der Waals surface area (Å²) in [6.45, 7) is 3.52. The number of benzene rings is 1. The average Bonchev–Trinajstić information content (AvgIpc) is 3.25. The molecule has 32 heavy (non-hydrogen) atoms. The molecular formula is C25H37N5O2+. The fourth-order valence-corrected chi connectivity index (χ4v) is 4.06. The van der Waals surface area contributed by atoms with Crippen LogP contribution in [0.15, 0.2) is 30.5 Å². The lowest BCUT2D eigenvalue weighted by Gasteiger charge is -2.35. The maximum absolute atomic E-state index is 12.7. The number of unbranched alkanes of at least 4 members (excludes halogenated alkanes) is 2. The zero-order valence-corrected chi connectivity index (χ0v) is 19.9. The van der Waals surface area contributed by atoms with Gasteiger partial charge >= 0.3 is 5.84 Å². The van der Waals surface area contributed by atoms with Gasteiger partial charge in [-0.1, -0.05) is 19.8 Å². The van der Waals surface area contributed by atoms with Crippen LogP contribution in [0.2, 0.25) is 0 Å². The fraction of sp³-hybridized carbons (Fsp3) is 0.560. The topological polar surface area (TPSA) is 78.8 Å². The molecule has 0 aromatic heterocycles. The highest BCUT2D eigenvalue weighted by Gasteiger charge is 2.35. The molecule has 1 radical (unpaired) electrons. The van der Waals surface area contributed by atoms with Crippen LogP contribution in [0.5, 0.6) is 0 Å². The maximum Gasteiger partial charge on any atom is 0.319 e. The Morgan fingerprint density at radius 3 is 2.53 bits per heavy atom. The fourth-order valence-electron chi connectivity index (χ4n) is 4.06. The van der Waals surface area contributed by atoms with E-state index in [9.17, 15) is 9.59 Å². The van der Waals surface area contributed by atoms with Crippen molar-refractivity contribution >= 4 is 28.9 Å². The molecule has 0 spiro atoms. The molecule has 1 saturated heterocycles. The first-order valence-electron chi connectivity index (χ1n) is 11.7. The minimum atomic E-state index is -0.148. The van der Waals surface area contributed by atoms with Gasteiger partial charge < -0.3 is 15.1 Å². The molecule has 2 aliphatic heterocycles. The number of aliphatic imine (C=N–C) groups is 1. The van der Waals surface area contributed by atoms with E-state index >= 15 is 0 Å². The lowest BCUT2D eigenvalue weighted by molar-refractivity contribution is -0.130. The number of nitrogens with one attached hydrogen (secondary N) is 2. The zero-order valence-electron chi connectivity index (χ0n) is 19.9. The number of carbonyl (C=O) groups is 2. The summed E-state index contributed by atoms with van der Waals surface area (Å²) < 4.78 is 0. The van der Waals surface area contributed by atoms with E-state index in [1.54, 1.807) is 0 Å². The van der Waals surface area contributed by atoms with E-state index in [0.717, 1.165) is 61.6 Å². The summed E-state index contributed by atoms with van der Waals surface area (Å²) >= 11 is 0. The van der Waals surface area contributed by atoms with Crippen LogP contribution in [0.1, 0.15) is 51.0 Å². The Balaban J connectivity index is 1.57. The summed E-state index contributed by atoms with van der Waals surface area (Å²) in [7, 11) is 6.07. The molecule has 0 unspecified atom stereocenters. The summed E-state index contributed by atoms with van der Waals surface area (Å²) in [5.74, 6) is 1.27. The average molecular weight is 440 g/mol. The van der Waals surface area contributed by atoms with E-state index in [2.05, 4.69) is 49.7 Å². The van der Waals surface area contributed by atoms with E-state index in [0.29, 0.717) is 18.6 Å². The molecule has 7 nitrogen and oxygen atoms in total. The van der Waals surface area contributed by atoms with Crippen molar-refractivity contribution in [3.63, 3.8) is 0 Å². The van der Waals surface area contributed by atoms with Crippen molar-refractivity contribution in [1.82, 2.24) is 20.5 Å². The van der Waals surface area contributed by atoms with Crippen molar-refractivity contribution in [3.05, 3.63) is 36.0 Å². The lowest BCUT2D eigenvalue weighted by Crippen LogP contribution is -2.55. The first-order valence-corrected chi connectivity index (χ1v) is 11.7. The normalized spacial score (nSPS) is 17.1. The Labute approximate surface area is 192 Å². The zero-order chi connectivity index (χ0) is 23.1. The first-order chi connectivity index (χ1) is 15.4. The number of anilines is 1. The monoisotopic (exact) mass is 439 g/mol. The molecule has 2 N–H and O–H groups in total. The van der Waals surface area contributed by atoms with Crippen LogP contribution in [0, 0.1) is 5.92 Å². The molecule has 7 heteroatoms. The third kappa shape index (κ3) is 6.42. The van der Waals surface area contributed by atoms with Gasteiger partial charge in [0.25, 0.3) is 0 Å². The molecule has 1 aromatic rings. The van der Waals surface area contributed by atoms with E-state index in [4.69, 9.17) is 0 Å². The predicted molar refractivity (Wildman–Crippen MR) is 130 cm³/mol. The van der Waals surface area contributed by atoms with E-state index in [1.807, 2.05) is 34.3 Å². The Kier molecular flexibility index (Phi) is 8.45. The van der Waals surface area contributed by atoms with Crippen molar-refractivity contribution in [2.45, 2.75) is 51.5 Å². The Hall–Kier alpha value is -2.67. The van der Waals surface area contributed by atoms with Gasteiger partial charge in [-0.2, -0.15) is 0 Å². The third-order valence-corrected chi connectivity index (χ3v) is 6.21. The van der Waals surface area contributed by atoms with Gasteiger partial charge in [0.2, 0.25) is 5.91 Å². The summed E-state index contributed by atoms with van der Waals surface area (Å²) in [6.07, 6.45) is 6.73. The number of hydrogen-bond donors (Lipinski definition) is 2. The van der Waals surface area contributed by atoms with Crippen LogP contribution < -0.4 is 20.5 Å². The van der Waals surface area contributed by atoms with Gasteiger partial charge in [0, 0.05) is 51.3 Å². The second kappa shape index (κ2) is 11.3. The van der Waals surface area contributed by atoms with Crippen molar-refractivity contribution < 1.29 is 9.59 Å². The number of carbonyl (C=O) groups excluding carboxylic acids is 2. The van der Waals surface area contributed by atoms with Gasteiger partial charge in [0.1, 0.15) is 11.8 Å². The van der Waals surface area contributed by atoms with Crippen LogP contribution in [0.25, 0.3) is 5.70 Å². The van der Waals surface area contributed by atoms with Crippen LogP contribution in [-0.2, 0) is 9.59 Å². The molecular weight excluding hydrogens is 402 g/mol. The minimum absolute atomic E-state index is 0.0534. The lowest BCUT2D eigenvalue weighted by atomic mass is 9.98. The van der Waals surface area contributed by atoms with E-state index < -0.39 is 0 Å². The van der Waals surface area contributed by atoms with Crippen molar-refractivity contribution in [3.8, 4) is 0 Å². The molecule has 1 amide bonds. The second-order valence-electron chi connectivity index (χ2n) is 9.09. The molecule has 3 rings (SSSR count). The Bertz CT molecular complexity index is 854. The molecule has 0 saturated carbocycles. The van der Waals surface area contributed by atoms with Gasteiger partial charge in [-0.15, -0.1) is 0 Å². The highest BCUT2D eigenvalue weighted by Crippen LogP contribution is 2.20. The standard InChI is InChI=1S/C25H37N5O2/c1-5-21(31)9-7-6-8-10-22(28-25(32)19-16-30(4)17-19)24-26-15-23(27-24)18-11-13-20(14-12-18)29(2)3/h11-15,19,22,27H,5-10,16-17H2,1-4H3,(H,28,32)/q+1/t22-/m0/s1.